The van der Waals surface area contributed by atoms with Crippen molar-refractivity contribution < 1.29 is 18.7 Å². The second-order valence-corrected chi connectivity index (χ2v) is 8.96. The lowest BCUT2D eigenvalue weighted by atomic mass is 10.0. The van der Waals surface area contributed by atoms with Gasteiger partial charge in [-0.05, 0) is 37.6 Å². The molecule has 1 fully saturated rings. The maximum Gasteiger partial charge on any atom is 0.356 e. The van der Waals surface area contributed by atoms with Crippen molar-refractivity contribution in [2.45, 2.75) is 38.7 Å². The van der Waals surface area contributed by atoms with E-state index in [1.54, 1.807) is 18.0 Å². The zero-order valence-electron chi connectivity index (χ0n) is 18.9. The first kappa shape index (κ1) is 23.9. The number of aryl methyl sites for hydroxylation is 1. The molecule has 0 aliphatic carbocycles. The van der Waals surface area contributed by atoms with Crippen LogP contribution < -0.4 is 15.8 Å². The van der Waals surface area contributed by atoms with Gasteiger partial charge in [0, 0.05) is 38.5 Å². The number of pyridine rings is 1. The summed E-state index contributed by atoms with van der Waals surface area (Å²) in [5, 5.41) is 13.1. The molecule has 0 amide bonds. The fourth-order valence-corrected chi connectivity index (χ4v) is 4.36. The Morgan fingerprint density at radius 3 is 2.56 bits per heavy atom. The van der Waals surface area contributed by atoms with Gasteiger partial charge < -0.3 is 15.3 Å². The minimum atomic E-state index is -2.72. The Kier molecular flexibility index (Phi) is 6.20. The molecule has 1 aromatic carbocycles. The predicted octanol–water partition coefficient (Wildman–Crippen LogP) is 4.40. The van der Waals surface area contributed by atoms with Crippen molar-refractivity contribution in [3.05, 3.63) is 56.6 Å². The first-order valence-electron chi connectivity index (χ1n) is 10.8. The highest BCUT2D eigenvalue weighted by Gasteiger charge is 2.35. The van der Waals surface area contributed by atoms with E-state index < -0.39 is 17.9 Å². The van der Waals surface area contributed by atoms with Crippen LogP contribution in [-0.2, 0) is 7.05 Å². The fraction of sp³-hybridized carbons (Fsp3) is 0.391. The number of alkyl halides is 2. The molecule has 11 heteroatoms. The van der Waals surface area contributed by atoms with Gasteiger partial charge in [-0.3, -0.25) is 9.36 Å². The third-order valence-corrected chi connectivity index (χ3v) is 6.22. The van der Waals surface area contributed by atoms with Crippen LogP contribution in [0.3, 0.4) is 0 Å². The quantitative estimate of drug-likeness (QED) is 0.510. The van der Waals surface area contributed by atoms with E-state index in [0.29, 0.717) is 22.4 Å². The van der Waals surface area contributed by atoms with Gasteiger partial charge >= 0.3 is 5.97 Å². The first-order valence-corrected chi connectivity index (χ1v) is 11.1. The summed E-state index contributed by atoms with van der Waals surface area (Å²) in [7, 11) is 1.58. The molecule has 2 N–H and O–H groups in total. The largest absolute Gasteiger partial charge is 0.476 e. The highest BCUT2D eigenvalue weighted by atomic mass is 35.5. The van der Waals surface area contributed by atoms with Gasteiger partial charge in [0.25, 0.3) is 11.5 Å². The Labute approximate surface area is 199 Å². The van der Waals surface area contributed by atoms with Crippen LogP contribution in [0.15, 0.2) is 29.1 Å². The van der Waals surface area contributed by atoms with Crippen molar-refractivity contribution in [3.63, 3.8) is 0 Å². The molecule has 0 saturated carbocycles. The Balaban J connectivity index is 1.79. The van der Waals surface area contributed by atoms with E-state index in [-0.39, 0.29) is 48.0 Å². The van der Waals surface area contributed by atoms with Crippen LogP contribution in [0.2, 0.25) is 5.15 Å². The molecule has 3 heterocycles. The second-order valence-electron chi connectivity index (χ2n) is 8.57. The van der Waals surface area contributed by atoms with Gasteiger partial charge in [-0.25, -0.2) is 23.5 Å². The van der Waals surface area contributed by atoms with Gasteiger partial charge in [0.1, 0.15) is 5.15 Å². The highest BCUT2D eigenvalue weighted by molar-refractivity contribution is 6.29. The van der Waals surface area contributed by atoms with Gasteiger partial charge in [-0.15, -0.1) is 0 Å². The molecule has 0 spiro atoms. The number of halogens is 3. The summed E-state index contributed by atoms with van der Waals surface area (Å²) in [6.45, 7) is 3.84. The summed E-state index contributed by atoms with van der Waals surface area (Å²) in [5.41, 5.74) is 1.68. The number of aromatic nitrogens is 3. The van der Waals surface area contributed by atoms with Crippen LogP contribution >= 0.6 is 11.6 Å². The van der Waals surface area contributed by atoms with Crippen molar-refractivity contribution in [2.75, 3.05) is 23.3 Å². The van der Waals surface area contributed by atoms with Gasteiger partial charge in [0.05, 0.1) is 22.6 Å². The number of rotatable bonds is 5. The molecule has 34 heavy (non-hydrogen) atoms. The lowest BCUT2D eigenvalue weighted by Crippen LogP contribution is -2.42. The number of carboxylic acids is 1. The Hall–Kier alpha value is -3.27. The van der Waals surface area contributed by atoms with E-state index in [1.807, 2.05) is 19.9 Å². The molecular formula is C23H24ClF2N5O3. The Morgan fingerprint density at radius 2 is 1.91 bits per heavy atom. The number of benzene rings is 1. The predicted molar refractivity (Wildman–Crippen MR) is 126 cm³/mol. The third-order valence-electron chi connectivity index (χ3n) is 6.01. The zero-order chi connectivity index (χ0) is 24.8. The first-order chi connectivity index (χ1) is 16.0. The molecule has 8 nitrogen and oxygen atoms in total. The van der Waals surface area contributed by atoms with Crippen molar-refractivity contribution in [1.82, 2.24) is 14.5 Å². The Bertz CT molecular complexity index is 1330. The number of hydrogen-bond acceptors (Lipinski definition) is 6. The summed E-state index contributed by atoms with van der Waals surface area (Å²) >= 11 is 5.85. The number of fused-ring (bicyclic) bond motifs is 1. The van der Waals surface area contributed by atoms with Gasteiger partial charge in [-0.1, -0.05) is 17.7 Å². The minimum Gasteiger partial charge on any atom is -0.476 e. The zero-order valence-corrected chi connectivity index (χ0v) is 19.7. The average molecular weight is 492 g/mol. The van der Waals surface area contributed by atoms with Crippen molar-refractivity contribution in [2.24, 2.45) is 7.05 Å². The van der Waals surface area contributed by atoms with Gasteiger partial charge in [0.2, 0.25) is 5.95 Å². The van der Waals surface area contributed by atoms with Crippen molar-refractivity contribution in [1.29, 1.82) is 0 Å². The maximum atomic E-state index is 13.7. The molecule has 2 aromatic heterocycles. The standard InChI is InChI=1S/C23H24ClF2N5O3/c1-12-10-14(13(2)27-16-4-5-17(24)28-19(16)21(33)34)18-15(11-12)20(32)30(3)22(29-18)31-8-6-23(25,26)7-9-31/h4-5,10-11,13,27H,6-9H2,1-3H3,(H,33,34). The molecule has 1 atom stereocenters. The monoisotopic (exact) mass is 491 g/mol. The van der Waals surface area contributed by atoms with E-state index >= 15 is 0 Å². The second kappa shape index (κ2) is 8.83. The van der Waals surface area contributed by atoms with E-state index in [2.05, 4.69) is 10.3 Å². The number of aromatic carboxylic acids is 1. The maximum absolute atomic E-state index is 13.7. The van der Waals surface area contributed by atoms with Gasteiger partial charge in [-0.2, -0.15) is 0 Å². The molecule has 0 bridgehead atoms. The topological polar surface area (TPSA) is 100 Å². The summed E-state index contributed by atoms with van der Waals surface area (Å²) in [6, 6.07) is 6.15. The van der Waals surface area contributed by atoms with Crippen LogP contribution in [0.5, 0.6) is 0 Å². The van der Waals surface area contributed by atoms with Crippen LogP contribution in [0.4, 0.5) is 20.4 Å². The molecule has 180 valence electrons. The fourth-order valence-electron chi connectivity index (χ4n) is 4.21. The normalized spacial score (nSPS) is 16.5. The van der Waals surface area contributed by atoms with Crippen LogP contribution in [0, 0.1) is 6.92 Å². The van der Waals surface area contributed by atoms with Crippen LogP contribution in [-0.4, -0.2) is 44.6 Å². The van der Waals surface area contributed by atoms with E-state index in [1.165, 1.54) is 16.7 Å². The van der Waals surface area contributed by atoms with E-state index in [0.717, 1.165) is 5.56 Å². The summed E-state index contributed by atoms with van der Waals surface area (Å²) < 4.78 is 28.8. The van der Waals surface area contributed by atoms with E-state index in [4.69, 9.17) is 16.6 Å². The van der Waals surface area contributed by atoms with Crippen molar-refractivity contribution >= 4 is 40.1 Å². The molecule has 1 unspecified atom stereocenters. The minimum absolute atomic E-state index is 0.0542. The van der Waals surface area contributed by atoms with Gasteiger partial charge in [0.15, 0.2) is 5.69 Å². The lowest BCUT2D eigenvalue weighted by molar-refractivity contribution is -0.0223. The molecule has 1 aliphatic heterocycles. The number of carbonyl (C=O) groups is 1. The number of anilines is 2. The SMILES string of the molecule is Cc1cc(C(C)Nc2ccc(Cl)nc2C(=O)O)c2nc(N3CCC(F)(F)CC3)n(C)c(=O)c2c1. The van der Waals surface area contributed by atoms with E-state index in [9.17, 15) is 23.5 Å². The summed E-state index contributed by atoms with van der Waals surface area (Å²) in [6.07, 6.45) is -0.609. The number of hydrogen-bond donors (Lipinski definition) is 2. The van der Waals surface area contributed by atoms with Crippen LogP contribution in [0.1, 0.15) is 47.4 Å². The van der Waals surface area contributed by atoms with Crippen molar-refractivity contribution in [3.8, 4) is 0 Å². The summed E-state index contributed by atoms with van der Waals surface area (Å²) in [5.74, 6) is -3.63. The lowest BCUT2D eigenvalue weighted by Gasteiger charge is -2.33. The summed E-state index contributed by atoms with van der Waals surface area (Å²) in [4.78, 5) is 35.2. The average Bonchev–Trinajstić information content (AvgIpc) is 2.77. The molecule has 4 rings (SSSR count). The molecule has 1 saturated heterocycles. The number of piperidine rings is 1. The molecule has 1 aliphatic rings. The number of carboxylic acid groups (broad SMARTS) is 1. The smallest absolute Gasteiger partial charge is 0.356 e. The molecular weight excluding hydrogens is 468 g/mol. The number of nitrogens with zero attached hydrogens (tertiary/aromatic N) is 4. The number of nitrogens with one attached hydrogen (secondary N) is 1. The third kappa shape index (κ3) is 4.54. The highest BCUT2D eigenvalue weighted by Crippen LogP contribution is 2.32. The Morgan fingerprint density at radius 1 is 1.24 bits per heavy atom. The molecule has 0 radical (unpaired) electrons. The van der Waals surface area contributed by atoms with Crippen LogP contribution in [0.25, 0.3) is 10.9 Å². The molecule has 3 aromatic rings.